The summed E-state index contributed by atoms with van der Waals surface area (Å²) in [6.07, 6.45) is -1.23. The average molecular weight is 674 g/mol. The number of carboxylic acid groups (broad SMARTS) is 1. The van der Waals surface area contributed by atoms with E-state index in [0.29, 0.717) is 24.3 Å². The third kappa shape index (κ3) is 9.23. The number of nitrogens with two attached hydrogens (primary N) is 1. The van der Waals surface area contributed by atoms with Gasteiger partial charge >= 0.3 is 6.09 Å². The number of rotatable bonds is 17. The van der Waals surface area contributed by atoms with E-state index in [0.717, 1.165) is 13.1 Å². The van der Waals surface area contributed by atoms with Crippen LogP contribution in [-0.4, -0.2) is 53.9 Å². The fraction of sp³-hybridized carbons (Fsp3) is 0.342. The van der Waals surface area contributed by atoms with Crippen molar-refractivity contribution in [2.45, 2.75) is 68.1 Å². The van der Waals surface area contributed by atoms with Crippen LogP contribution in [-0.2, 0) is 29.3 Å². The lowest BCUT2D eigenvalue weighted by Crippen LogP contribution is -2.74. The van der Waals surface area contributed by atoms with Gasteiger partial charge in [0.2, 0.25) is 14.8 Å². The number of amides is 1. The van der Waals surface area contributed by atoms with E-state index < -0.39 is 31.9 Å². The molecule has 0 aliphatic rings. The number of aliphatic hydroxyl groups is 1. The molecule has 4 aromatic rings. The van der Waals surface area contributed by atoms with Gasteiger partial charge in [0.05, 0.1) is 12.0 Å². The van der Waals surface area contributed by atoms with Gasteiger partial charge in [-0.1, -0.05) is 105 Å². The van der Waals surface area contributed by atoms with Gasteiger partial charge in [0.1, 0.15) is 11.4 Å². The lowest BCUT2D eigenvalue weighted by Gasteiger charge is -2.45. The topological polar surface area (TPSA) is 142 Å². The first kappa shape index (κ1) is 36.6. The Kier molecular flexibility index (Phi) is 12.0. The summed E-state index contributed by atoms with van der Waals surface area (Å²) in [6, 6.07) is 34.7. The second kappa shape index (κ2) is 15.8. The lowest BCUT2D eigenvalue weighted by molar-refractivity contribution is 0.00451. The van der Waals surface area contributed by atoms with Crippen molar-refractivity contribution in [1.29, 1.82) is 0 Å². The lowest BCUT2D eigenvalue weighted by atomic mass is 9.80. The van der Waals surface area contributed by atoms with Crippen LogP contribution in [0.1, 0.15) is 49.8 Å². The first-order valence-electron chi connectivity index (χ1n) is 16.0. The molecule has 0 fully saturated rings. The van der Waals surface area contributed by atoms with Crippen LogP contribution in [0.5, 0.6) is 5.75 Å². The smallest absolute Gasteiger partial charge is 0.406 e. The minimum atomic E-state index is -4.65. The number of methoxy groups -OCH3 is 1. The first-order valence-corrected chi connectivity index (χ1v) is 17.5. The summed E-state index contributed by atoms with van der Waals surface area (Å²) in [4.78, 5) is 11.6. The van der Waals surface area contributed by atoms with Crippen LogP contribution in [0.2, 0.25) is 0 Å². The average Bonchev–Trinajstić information content (AvgIpc) is 3.07. The predicted molar refractivity (Wildman–Crippen MR) is 188 cm³/mol. The highest BCUT2D eigenvalue weighted by Gasteiger charge is 2.58. The highest BCUT2D eigenvalue weighted by molar-refractivity contribution is 7.92. The summed E-state index contributed by atoms with van der Waals surface area (Å²) in [6.45, 7) is 6.21. The van der Waals surface area contributed by atoms with Crippen LogP contribution in [0.3, 0.4) is 0 Å². The number of ether oxygens (including phenoxy) is 1. The highest BCUT2D eigenvalue weighted by Crippen LogP contribution is 2.41. The standard InChI is InChI=1S/C38H47N3O6S/c1-36(2,25-26-41(28-31-15-9-5-10-16-31)29-32-17-11-6-12-18-32)23-24-38(44,48(45,46)34-21-19-33(47-3)20-22-34)37(39,40-35(42)43)27-30-13-7-4-8-14-30/h4-22,40,44H,23-29,39H2,1-3H3,(H,42,43)/t37-,38+/m0/s1. The van der Waals surface area contributed by atoms with Crippen molar-refractivity contribution in [3.05, 3.63) is 132 Å². The molecule has 0 heterocycles. The summed E-state index contributed by atoms with van der Waals surface area (Å²) in [5, 5.41) is 24.6. The Morgan fingerprint density at radius 1 is 0.771 bits per heavy atom. The molecule has 0 aliphatic heterocycles. The number of carbonyl (C=O) groups is 1. The van der Waals surface area contributed by atoms with Crippen LogP contribution in [0.15, 0.2) is 120 Å². The molecule has 0 spiro atoms. The zero-order valence-electron chi connectivity index (χ0n) is 27.9. The predicted octanol–water partition coefficient (Wildman–Crippen LogP) is 6.22. The van der Waals surface area contributed by atoms with Crippen molar-refractivity contribution in [3.8, 4) is 5.75 Å². The minimum absolute atomic E-state index is 0.199. The van der Waals surface area contributed by atoms with Gasteiger partial charge in [0.25, 0.3) is 0 Å². The van der Waals surface area contributed by atoms with Crippen LogP contribution < -0.4 is 15.8 Å². The Bertz CT molecular complexity index is 1660. The number of sulfone groups is 1. The molecular weight excluding hydrogens is 627 g/mol. The van der Waals surface area contributed by atoms with E-state index in [1.807, 2.05) is 50.2 Å². The van der Waals surface area contributed by atoms with E-state index in [1.54, 1.807) is 30.3 Å². The van der Waals surface area contributed by atoms with Crippen molar-refractivity contribution in [2.24, 2.45) is 11.1 Å². The molecule has 0 unspecified atom stereocenters. The molecule has 0 aromatic heterocycles. The molecule has 5 N–H and O–H groups in total. The Morgan fingerprint density at radius 3 is 1.71 bits per heavy atom. The van der Waals surface area contributed by atoms with Gasteiger partial charge in [0, 0.05) is 19.5 Å². The van der Waals surface area contributed by atoms with Crippen molar-refractivity contribution in [3.63, 3.8) is 0 Å². The molecular formula is C38H47N3O6S. The molecule has 0 saturated carbocycles. The van der Waals surface area contributed by atoms with E-state index in [2.05, 4.69) is 34.5 Å². The number of nitrogens with zero attached hydrogens (tertiary/aromatic N) is 1. The summed E-state index contributed by atoms with van der Waals surface area (Å²) in [7, 11) is -3.18. The van der Waals surface area contributed by atoms with Crippen molar-refractivity contribution in [2.75, 3.05) is 13.7 Å². The van der Waals surface area contributed by atoms with Gasteiger partial charge < -0.3 is 20.7 Å². The van der Waals surface area contributed by atoms with Crippen LogP contribution in [0.25, 0.3) is 0 Å². The minimum Gasteiger partial charge on any atom is -0.497 e. The summed E-state index contributed by atoms with van der Waals surface area (Å²) < 4.78 is 34.1. The molecule has 0 bridgehead atoms. The number of hydrogen-bond donors (Lipinski definition) is 4. The van der Waals surface area contributed by atoms with E-state index in [9.17, 15) is 23.4 Å². The molecule has 2 atom stereocenters. The number of hydrogen-bond acceptors (Lipinski definition) is 7. The SMILES string of the molecule is COc1ccc(S(=O)(=O)[C@](O)(CCC(C)(C)CCN(Cc2ccccc2)Cc2ccccc2)[C@](N)(Cc2ccccc2)NC(=O)O)cc1. The van der Waals surface area contributed by atoms with Crippen molar-refractivity contribution in [1.82, 2.24) is 10.2 Å². The molecule has 256 valence electrons. The van der Waals surface area contributed by atoms with E-state index in [1.165, 1.54) is 42.5 Å². The van der Waals surface area contributed by atoms with Crippen LogP contribution in [0.4, 0.5) is 4.79 Å². The Labute approximate surface area is 284 Å². The summed E-state index contributed by atoms with van der Waals surface area (Å²) in [5.41, 5.74) is 6.91. The Hall–Kier alpha value is -4.22. The molecule has 4 aromatic carbocycles. The largest absolute Gasteiger partial charge is 0.497 e. The number of benzene rings is 4. The van der Waals surface area contributed by atoms with Crippen LogP contribution >= 0.6 is 0 Å². The molecule has 0 radical (unpaired) electrons. The second-order valence-corrected chi connectivity index (χ2v) is 15.3. The molecule has 10 heteroatoms. The second-order valence-electron chi connectivity index (χ2n) is 13.1. The molecule has 0 aliphatic carbocycles. The third-order valence-electron chi connectivity index (χ3n) is 8.91. The fourth-order valence-corrected chi connectivity index (χ4v) is 7.78. The fourth-order valence-electron chi connectivity index (χ4n) is 5.93. The van der Waals surface area contributed by atoms with Gasteiger partial charge in [0.15, 0.2) is 0 Å². The first-order chi connectivity index (χ1) is 22.8. The van der Waals surface area contributed by atoms with Gasteiger partial charge in [-0.2, -0.15) is 0 Å². The molecule has 0 saturated heterocycles. The zero-order valence-corrected chi connectivity index (χ0v) is 28.7. The van der Waals surface area contributed by atoms with Gasteiger partial charge in [-0.3, -0.25) is 10.2 Å². The zero-order chi connectivity index (χ0) is 34.8. The Morgan fingerprint density at radius 2 is 1.25 bits per heavy atom. The van der Waals surface area contributed by atoms with Gasteiger partial charge in [-0.25, -0.2) is 13.2 Å². The highest BCUT2D eigenvalue weighted by atomic mass is 32.2. The normalized spacial score (nSPS) is 14.5. The van der Waals surface area contributed by atoms with Gasteiger partial charge in [-0.05, 0) is 72.2 Å². The van der Waals surface area contributed by atoms with Gasteiger partial charge in [-0.15, -0.1) is 0 Å². The maximum atomic E-state index is 14.4. The summed E-state index contributed by atoms with van der Waals surface area (Å²) in [5.74, 6) is 0.432. The monoisotopic (exact) mass is 673 g/mol. The van der Waals surface area contributed by atoms with Crippen LogP contribution in [0, 0.1) is 5.41 Å². The van der Waals surface area contributed by atoms with E-state index in [4.69, 9.17) is 10.5 Å². The van der Waals surface area contributed by atoms with E-state index >= 15 is 0 Å². The molecule has 1 amide bonds. The van der Waals surface area contributed by atoms with Crippen molar-refractivity contribution < 1.29 is 28.2 Å². The Balaban J connectivity index is 1.65. The number of nitrogens with one attached hydrogen (secondary N) is 1. The molecule has 48 heavy (non-hydrogen) atoms. The quantitative estimate of drug-likeness (QED) is 0.0968. The molecule has 4 rings (SSSR count). The maximum absolute atomic E-state index is 14.4. The molecule has 9 nitrogen and oxygen atoms in total. The van der Waals surface area contributed by atoms with E-state index in [-0.39, 0.29) is 24.2 Å². The summed E-state index contributed by atoms with van der Waals surface area (Å²) >= 11 is 0. The van der Waals surface area contributed by atoms with Crippen molar-refractivity contribution >= 4 is 15.9 Å². The maximum Gasteiger partial charge on any atom is 0.406 e. The third-order valence-corrected chi connectivity index (χ3v) is 11.3.